The number of esters is 1. The molecule has 10 atom stereocenters. The van der Waals surface area contributed by atoms with E-state index in [4.69, 9.17) is 4.74 Å². The lowest BCUT2D eigenvalue weighted by molar-refractivity contribution is -0.180. The lowest BCUT2D eigenvalue weighted by Gasteiger charge is -2.65. The second-order valence-electron chi connectivity index (χ2n) is 13.3. The van der Waals surface area contributed by atoms with E-state index in [1.165, 1.54) is 12.5 Å². The minimum atomic E-state index is -0.678. The molecule has 0 radical (unpaired) electrons. The van der Waals surface area contributed by atoms with E-state index in [2.05, 4.69) is 27.7 Å². The van der Waals surface area contributed by atoms with E-state index in [1.807, 2.05) is 6.08 Å². The van der Waals surface area contributed by atoms with Crippen LogP contribution in [0.1, 0.15) is 92.4 Å². The normalized spacial score (nSPS) is 50.1. The van der Waals surface area contributed by atoms with Crippen LogP contribution in [0.15, 0.2) is 11.6 Å². The molecule has 0 bridgehead atoms. The van der Waals surface area contributed by atoms with Crippen molar-refractivity contribution in [2.75, 3.05) is 0 Å². The molecule has 0 spiro atoms. The third kappa shape index (κ3) is 3.35. The highest BCUT2D eigenvalue weighted by Crippen LogP contribution is 2.69. The highest BCUT2D eigenvalue weighted by Gasteiger charge is 2.65. The lowest BCUT2D eigenvalue weighted by Crippen LogP contribution is -2.62. The van der Waals surface area contributed by atoms with E-state index >= 15 is 0 Å². The molecule has 0 aromatic carbocycles. The van der Waals surface area contributed by atoms with Crippen molar-refractivity contribution in [2.45, 2.75) is 98.5 Å². The van der Waals surface area contributed by atoms with Gasteiger partial charge in [-0.1, -0.05) is 33.3 Å². The Kier molecular flexibility index (Phi) is 5.61. The van der Waals surface area contributed by atoms with Gasteiger partial charge in [0.05, 0.1) is 5.92 Å². The van der Waals surface area contributed by atoms with E-state index in [0.29, 0.717) is 18.3 Å². The topological polar surface area (TPSA) is 80.7 Å². The molecule has 5 aliphatic carbocycles. The Morgan fingerprint density at radius 3 is 2.32 bits per heavy atom. The summed E-state index contributed by atoms with van der Waals surface area (Å²) in [4.78, 5) is 37.6. The van der Waals surface area contributed by atoms with E-state index in [0.717, 1.165) is 51.4 Å². The van der Waals surface area contributed by atoms with Gasteiger partial charge in [0, 0.05) is 12.8 Å². The van der Waals surface area contributed by atoms with Crippen LogP contribution in [-0.4, -0.2) is 28.9 Å². The predicted molar refractivity (Wildman–Crippen MR) is 129 cm³/mol. The van der Waals surface area contributed by atoms with Gasteiger partial charge in [-0.25, -0.2) is 0 Å². The third-order valence-electron chi connectivity index (χ3n) is 11.6. The number of rotatable bonds is 2. The largest absolute Gasteiger partial charge is 0.481 e. The lowest BCUT2D eigenvalue weighted by atomic mass is 9.38. The van der Waals surface area contributed by atoms with Crippen LogP contribution >= 0.6 is 0 Å². The minimum Gasteiger partial charge on any atom is -0.481 e. The number of fused-ring (bicyclic) bond motifs is 7. The number of carbonyl (C=O) groups is 3. The molecule has 5 rings (SSSR count). The molecular formula is C29H42O5. The summed E-state index contributed by atoms with van der Waals surface area (Å²) < 4.78 is 5.69. The summed E-state index contributed by atoms with van der Waals surface area (Å²) in [5.74, 6) is 0.327. The quantitative estimate of drug-likeness (QED) is 0.515. The maximum Gasteiger partial charge on any atom is 0.306 e. The molecule has 0 amide bonds. The molecule has 10 unspecified atom stereocenters. The van der Waals surface area contributed by atoms with Crippen molar-refractivity contribution in [3.8, 4) is 0 Å². The summed E-state index contributed by atoms with van der Waals surface area (Å²) in [6, 6.07) is 0. The first kappa shape index (κ1) is 24.1. The molecule has 34 heavy (non-hydrogen) atoms. The summed E-state index contributed by atoms with van der Waals surface area (Å²) in [7, 11) is 0. The standard InChI is InChI=1S/C29H42O5/c1-16-20-8-12-29(5)21-7-11-27(3)10-6-18(26(32)33)14-22(27)19(21)15-23(31)25(29)28(20,4)13-9-24(16)34-17(2)30/h15-16,18,20-22,24-25H,6-14H2,1-5H3,(H,32,33). The Labute approximate surface area is 204 Å². The van der Waals surface area contributed by atoms with Crippen LogP contribution in [-0.2, 0) is 19.1 Å². The summed E-state index contributed by atoms with van der Waals surface area (Å²) in [5.41, 5.74) is 1.25. The van der Waals surface area contributed by atoms with Crippen LogP contribution in [0.2, 0.25) is 0 Å². The second kappa shape index (κ2) is 7.93. The first-order valence-electron chi connectivity index (χ1n) is 13.6. The Bertz CT molecular complexity index is 937. The van der Waals surface area contributed by atoms with Gasteiger partial charge in [-0.15, -0.1) is 0 Å². The Hall–Kier alpha value is -1.65. The molecule has 4 saturated carbocycles. The summed E-state index contributed by atoms with van der Waals surface area (Å²) in [5, 5.41) is 9.74. The average molecular weight is 471 g/mol. The smallest absolute Gasteiger partial charge is 0.306 e. The number of hydrogen-bond donors (Lipinski definition) is 1. The summed E-state index contributed by atoms with van der Waals surface area (Å²) >= 11 is 0. The molecule has 4 fully saturated rings. The number of aliphatic carboxylic acids is 1. The molecule has 0 aromatic heterocycles. The Morgan fingerprint density at radius 2 is 1.65 bits per heavy atom. The molecule has 0 aliphatic heterocycles. The third-order valence-corrected chi connectivity index (χ3v) is 11.6. The summed E-state index contributed by atoms with van der Waals surface area (Å²) in [6.45, 7) is 10.8. The van der Waals surface area contributed by atoms with Gasteiger partial charge >= 0.3 is 11.9 Å². The zero-order valence-electron chi connectivity index (χ0n) is 21.6. The van der Waals surface area contributed by atoms with E-state index in [9.17, 15) is 19.5 Å². The number of ketones is 1. The van der Waals surface area contributed by atoms with E-state index < -0.39 is 5.97 Å². The maximum absolute atomic E-state index is 14.0. The van der Waals surface area contributed by atoms with E-state index in [-0.39, 0.29) is 57.8 Å². The van der Waals surface area contributed by atoms with E-state index in [1.54, 1.807) is 0 Å². The highest BCUT2D eigenvalue weighted by molar-refractivity contribution is 5.95. The number of carboxylic acid groups (broad SMARTS) is 1. The van der Waals surface area contributed by atoms with Crippen LogP contribution in [0.3, 0.4) is 0 Å². The number of hydrogen-bond acceptors (Lipinski definition) is 4. The minimum absolute atomic E-state index is 0.00329. The van der Waals surface area contributed by atoms with Crippen LogP contribution in [0, 0.1) is 51.8 Å². The van der Waals surface area contributed by atoms with Gasteiger partial charge in [0.1, 0.15) is 6.10 Å². The van der Waals surface area contributed by atoms with Gasteiger partial charge in [-0.05, 0) is 104 Å². The maximum atomic E-state index is 14.0. The number of allylic oxidation sites excluding steroid dienone is 2. The van der Waals surface area contributed by atoms with Crippen molar-refractivity contribution >= 4 is 17.7 Å². The second-order valence-corrected chi connectivity index (χ2v) is 13.3. The first-order chi connectivity index (χ1) is 15.9. The molecule has 1 N–H and O–H groups in total. The fraction of sp³-hybridized carbons (Fsp3) is 0.828. The molecular weight excluding hydrogens is 428 g/mol. The van der Waals surface area contributed by atoms with Crippen LogP contribution in [0.25, 0.3) is 0 Å². The van der Waals surface area contributed by atoms with Gasteiger partial charge in [0.25, 0.3) is 0 Å². The Balaban J connectivity index is 1.50. The molecule has 5 aliphatic rings. The van der Waals surface area contributed by atoms with Gasteiger partial charge in [0.2, 0.25) is 0 Å². The van der Waals surface area contributed by atoms with Crippen LogP contribution in [0.5, 0.6) is 0 Å². The van der Waals surface area contributed by atoms with Crippen molar-refractivity contribution in [3.63, 3.8) is 0 Å². The molecule has 5 nitrogen and oxygen atoms in total. The fourth-order valence-corrected chi connectivity index (χ4v) is 9.95. The number of carboxylic acids is 1. The van der Waals surface area contributed by atoms with Crippen molar-refractivity contribution < 1.29 is 24.2 Å². The van der Waals surface area contributed by atoms with Crippen molar-refractivity contribution in [2.24, 2.45) is 51.8 Å². The van der Waals surface area contributed by atoms with Crippen LogP contribution in [0.4, 0.5) is 0 Å². The molecule has 5 heteroatoms. The van der Waals surface area contributed by atoms with Gasteiger partial charge in [0.15, 0.2) is 5.78 Å². The van der Waals surface area contributed by atoms with Crippen LogP contribution < -0.4 is 0 Å². The molecule has 0 saturated heterocycles. The average Bonchev–Trinajstić information content (AvgIpc) is 2.74. The monoisotopic (exact) mass is 470 g/mol. The number of carbonyl (C=O) groups excluding carboxylic acids is 2. The fourth-order valence-electron chi connectivity index (χ4n) is 9.95. The van der Waals surface area contributed by atoms with Gasteiger partial charge in [-0.2, -0.15) is 0 Å². The van der Waals surface area contributed by atoms with Crippen molar-refractivity contribution in [1.82, 2.24) is 0 Å². The predicted octanol–water partition coefficient (Wildman–Crippen LogP) is 5.81. The highest BCUT2D eigenvalue weighted by atomic mass is 16.5. The molecule has 0 heterocycles. The molecule has 0 aromatic rings. The SMILES string of the molecule is CC(=O)OC1CCC2(C)C(CCC3(C)C4CCC5(C)CCC(C(=O)O)CC5C4=CC(=O)C32)C1C. The zero-order valence-corrected chi connectivity index (χ0v) is 21.6. The summed E-state index contributed by atoms with van der Waals surface area (Å²) in [6.07, 6.45) is 10.4. The van der Waals surface area contributed by atoms with Crippen molar-refractivity contribution in [3.05, 3.63) is 11.6 Å². The van der Waals surface area contributed by atoms with Crippen molar-refractivity contribution in [1.29, 1.82) is 0 Å². The Morgan fingerprint density at radius 1 is 0.971 bits per heavy atom. The zero-order chi connectivity index (χ0) is 24.6. The van der Waals surface area contributed by atoms with Gasteiger partial charge in [-0.3, -0.25) is 14.4 Å². The van der Waals surface area contributed by atoms with Gasteiger partial charge < -0.3 is 9.84 Å². The number of ether oxygens (including phenoxy) is 1. The molecule has 188 valence electrons. The first-order valence-corrected chi connectivity index (χ1v) is 13.6.